The lowest BCUT2D eigenvalue weighted by molar-refractivity contribution is 0.449. The number of hydrogen-bond donors (Lipinski definition) is 1. The first-order valence-electron chi connectivity index (χ1n) is 3.71. The minimum absolute atomic E-state index is 0.0452. The molecule has 0 heterocycles. The fourth-order valence-electron chi connectivity index (χ4n) is 1.29. The summed E-state index contributed by atoms with van der Waals surface area (Å²) in [5.74, 6) is 0.175. The normalized spacial score (nSPS) is 28.5. The molecule has 0 bridgehead atoms. The van der Waals surface area contributed by atoms with Crippen molar-refractivity contribution >= 4 is 0 Å². The van der Waals surface area contributed by atoms with E-state index in [4.69, 9.17) is 0 Å². The molecule has 2 rings (SSSR count). The van der Waals surface area contributed by atoms with Crippen molar-refractivity contribution in [1.82, 2.24) is 0 Å². The van der Waals surface area contributed by atoms with Crippen molar-refractivity contribution in [3.05, 3.63) is 29.8 Å². The topological polar surface area (TPSA) is 20.2 Å². The summed E-state index contributed by atoms with van der Waals surface area (Å²) in [6.45, 7) is 0. The molecule has 1 unspecified atom stereocenters. The van der Waals surface area contributed by atoms with Crippen molar-refractivity contribution in [3.63, 3.8) is 0 Å². The number of aromatic hydroxyl groups is 1. The van der Waals surface area contributed by atoms with Gasteiger partial charge < -0.3 is 5.11 Å². The zero-order chi connectivity index (χ0) is 7.84. The van der Waals surface area contributed by atoms with Crippen LogP contribution in [0.15, 0.2) is 24.3 Å². The predicted molar refractivity (Wildman–Crippen MR) is 40.4 cm³/mol. The molecule has 1 aromatic carbocycles. The molecule has 1 aliphatic carbocycles. The number of rotatable bonds is 1. The van der Waals surface area contributed by atoms with Crippen molar-refractivity contribution in [1.29, 1.82) is 0 Å². The Morgan fingerprint density at radius 2 is 2.00 bits per heavy atom. The van der Waals surface area contributed by atoms with Gasteiger partial charge in [-0.3, -0.25) is 0 Å². The molecule has 11 heavy (non-hydrogen) atoms. The molecule has 1 aliphatic rings. The van der Waals surface area contributed by atoms with Gasteiger partial charge in [-0.15, -0.1) is 0 Å². The number of para-hydroxylation sites is 1. The minimum atomic E-state index is -0.733. The Morgan fingerprint density at radius 1 is 1.36 bits per heavy atom. The van der Waals surface area contributed by atoms with Crippen molar-refractivity contribution < 1.29 is 9.50 Å². The first-order chi connectivity index (χ1) is 5.29. The van der Waals surface area contributed by atoms with Crippen LogP contribution in [0.3, 0.4) is 0 Å². The van der Waals surface area contributed by atoms with E-state index < -0.39 is 6.17 Å². The summed E-state index contributed by atoms with van der Waals surface area (Å²) in [5, 5.41) is 9.27. The minimum Gasteiger partial charge on any atom is -0.508 e. The second kappa shape index (κ2) is 2.22. The maximum absolute atomic E-state index is 12.5. The van der Waals surface area contributed by atoms with Crippen molar-refractivity contribution in [2.24, 2.45) is 0 Å². The number of phenolic OH excluding ortho intramolecular Hbond substituents is 1. The van der Waals surface area contributed by atoms with Crippen LogP contribution < -0.4 is 0 Å². The van der Waals surface area contributed by atoms with Gasteiger partial charge in [-0.2, -0.15) is 0 Å². The van der Waals surface area contributed by atoms with Crippen molar-refractivity contribution in [2.75, 3.05) is 0 Å². The summed E-state index contributed by atoms with van der Waals surface area (Å²) in [7, 11) is 0. The molecular weight excluding hydrogens is 143 g/mol. The molecule has 0 amide bonds. The van der Waals surface area contributed by atoms with E-state index in [0.717, 1.165) is 5.56 Å². The molecule has 0 spiro atoms. The van der Waals surface area contributed by atoms with Crippen LogP contribution in [-0.4, -0.2) is 11.3 Å². The fourth-order valence-corrected chi connectivity index (χ4v) is 1.29. The molecule has 0 radical (unpaired) electrons. The van der Waals surface area contributed by atoms with Crippen molar-refractivity contribution in [2.45, 2.75) is 18.5 Å². The SMILES string of the molecule is Oc1ccccc1C1C[C@H]1F. The number of alkyl halides is 1. The van der Waals surface area contributed by atoms with E-state index in [1.807, 2.05) is 6.07 Å². The summed E-state index contributed by atoms with van der Waals surface area (Å²) in [5.41, 5.74) is 0.750. The van der Waals surface area contributed by atoms with Gasteiger partial charge >= 0.3 is 0 Å². The molecule has 1 saturated carbocycles. The van der Waals surface area contributed by atoms with E-state index in [0.29, 0.717) is 6.42 Å². The Morgan fingerprint density at radius 3 is 2.55 bits per heavy atom. The second-order valence-electron chi connectivity index (χ2n) is 2.92. The Balaban J connectivity index is 2.31. The van der Waals surface area contributed by atoms with Crippen LogP contribution in [0.1, 0.15) is 17.9 Å². The zero-order valence-electron chi connectivity index (χ0n) is 6.00. The summed E-state index contributed by atoms with van der Waals surface area (Å²) < 4.78 is 12.5. The lowest BCUT2D eigenvalue weighted by Gasteiger charge is -1.99. The van der Waals surface area contributed by atoms with Crippen molar-refractivity contribution in [3.8, 4) is 5.75 Å². The van der Waals surface area contributed by atoms with Gasteiger partial charge in [-0.05, 0) is 18.1 Å². The Kier molecular flexibility index (Phi) is 1.34. The number of hydrogen-bond acceptors (Lipinski definition) is 1. The molecule has 0 saturated heterocycles. The lowest BCUT2D eigenvalue weighted by atomic mass is 10.1. The Labute approximate surface area is 64.5 Å². The quantitative estimate of drug-likeness (QED) is 0.654. The van der Waals surface area contributed by atoms with Gasteiger partial charge in [0.1, 0.15) is 11.9 Å². The molecule has 0 aromatic heterocycles. The first kappa shape index (κ1) is 6.65. The van der Waals surface area contributed by atoms with Gasteiger partial charge in [0.15, 0.2) is 0 Å². The summed E-state index contributed by atoms with van der Waals surface area (Å²) in [4.78, 5) is 0. The Bertz CT molecular complexity index is 272. The second-order valence-corrected chi connectivity index (χ2v) is 2.92. The predicted octanol–water partition coefficient (Wildman–Crippen LogP) is 2.22. The largest absolute Gasteiger partial charge is 0.508 e. The van der Waals surface area contributed by atoms with E-state index in [-0.39, 0.29) is 11.7 Å². The monoisotopic (exact) mass is 152 g/mol. The van der Waals surface area contributed by atoms with Gasteiger partial charge in [-0.1, -0.05) is 18.2 Å². The van der Waals surface area contributed by atoms with Crippen LogP contribution in [0.2, 0.25) is 0 Å². The smallest absolute Gasteiger partial charge is 0.119 e. The molecule has 58 valence electrons. The van der Waals surface area contributed by atoms with Gasteiger partial charge in [0, 0.05) is 5.92 Å². The maximum Gasteiger partial charge on any atom is 0.119 e. The van der Waals surface area contributed by atoms with Gasteiger partial charge in [0.05, 0.1) is 0 Å². The highest BCUT2D eigenvalue weighted by Crippen LogP contribution is 2.46. The molecule has 1 aromatic rings. The van der Waals surface area contributed by atoms with E-state index >= 15 is 0 Å². The Hall–Kier alpha value is -1.05. The summed E-state index contributed by atoms with van der Waals surface area (Å²) >= 11 is 0. The van der Waals surface area contributed by atoms with Crippen LogP contribution in [-0.2, 0) is 0 Å². The number of halogens is 1. The standard InChI is InChI=1S/C9H9FO/c10-8-5-7(8)6-3-1-2-4-9(6)11/h1-4,7-8,11H,5H2/t7?,8-/m1/s1. The average molecular weight is 152 g/mol. The maximum atomic E-state index is 12.5. The summed E-state index contributed by atoms with van der Waals surface area (Å²) in [6, 6.07) is 6.94. The third kappa shape index (κ3) is 1.09. The first-order valence-corrected chi connectivity index (χ1v) is 3.71. The van der Waals surface area contributed by atoms with Crippen LogP contribution >= 0.6 is 0 Å². The van der Waals surface area contributed by atoms with E-state index in [1.54, 1.807) is 18.2 Å². The third-order valence-corrected chi connectivity index (χ3v) is 2.05. The summed E-state index contributed by atoms with van der Waals surface area (Å²) in [6.07, 6.45) is -0.166. The van der Waals surface area contributed by atoms with Gasteiger partial charge in [0.2, 0.25) is 0 Å². The van der Waals surface area contributed by atoms with Gasteiger partial charge in [-0.25, -0.2) is 4.39 Å². The van der Waals surface area contributed by atoms with Crippen LogP contribution in [0.4, 0.5) is 4.39 Å². The lowest BCUT2D eigenvalue weighted by Crippen LogP contribution is -1.82. The van der Waals surface area contributed by atoms with Crippen LogP contribution in [0.25, 0.3) is 0 Å². The van der Waals surface area contributed by atoms with E-state index in [9.17, 15) is 9.50 Å². The third-order valence-electron chi connectivity index (χ3n) is 2.05. The molecule has 2 heteroatoms. The highest BCUT2D eigenvalue weighted by Gasteiger charge is 2.39. The molecule has 1 nitrogen and oxygen atoms in total. The molecule has 1 N–H and O–H groups in total. The van der Waals surface area contributed by atoms with Crippen LogP contribution in [0, 0.1) is 0 Å². The van der Waals surface area contributed by atoms with E-state index in [1.165, 1.54) is 0 Å². The molecule has 2 atom stereocenters. The number of benzene rings is 1. The van der Waals surface area contributed by atoms with Crippen LogP contribution in [0.5, 0.6) is 5.75 Å². The average Bonchev–Trinajstić information content (AvgIpc) is 2.68. The van der Waals surface area contributed by atoms with Gasteiger partial charge in [0.25, 0.3) is 0 Å². The number of phenols is 1. The molecule has 0 aliphatic heterocycles. The zero-order valence-corrected chi connectivity index (χ0v) is 6.00. The molecule has 1 fully saturated rings. The highest BCUT2D eigenvalue weighted by atomic mass is 19.1. The molecular formula is C9H9FO. The fraction of sp³-hybridized carbons (Fsp3) is 0.333. The van der Waals surface area contributed by atoms with E-state index in [2.05, 4.69) is 0 Å². The highest BCUT2D eigenvalue weighted by molar-refractivity contribution is 5.38.